The predicted octanol–water partition coefficient (Wildman–Crippen LogP) is 4.84. The number of amides is 1. The molecule has 32 heavy (non-hydrogen) atoms. The van der Waals surface area contributed by atoms with E-state index in [4.69, 9.17) is 9.47 Å². The van der Waals surface area contributed by atoms with Gasteiger partial charge >= 0.3 is 0 Å². The average Bonchev–Trinajstić information content (AvgIpc) is 3.16. The highest BCUT2D eigenvalue weighted by atomic mass is 32.1. The lowest BCUT2D eigenvalue weighted by Crippen LogP contribution is -2.30. The lowest BCUT2D eigenvalue weighted by Gasteiger charge is -2.20. The highest BCUT2D eigenvalue weighted by Crippen LogP contribution is 2.32. The number of ether oxygens (including phenoxy) is 2. The van der Waals surface area contributed by atoms with Crippen molar-refractivity contribution in [3.05, 3.63) is 64.7 Å². The summed E-state index contributed by atoms with van der Waals surface area (Å²) in [6, 6.07) is 12.4. The van der Waals surface area contributed by atoms with Crippen LogP contribution in [0.1, 0.15) is 23.1 Å². The van der Waals surface area contributed by atoms with E-state index in [0.29, 0.717) is 24.5 Å². The third-order valence-electron chi connectivity index (χ3n) is 6.00. The fourth-order valence-electron chi connectivity index (χ4n) is 4.12. The lowest BCUT2D eigenvalue weighted by molar-refractivity contribution is -0.127. The molecule has 0 saturated carbocycles. The van der Waals surface area contributed by atoms with Crippen LogP contribution in [0.3, 0.4) is 0 Å². The number of hydrogen-bond donors (Lipinski definition) is 0. The molecule has 0 spiro atoms. The van der Waals surface area contributed by atoms with Gasteiger partial charge in [0, 0.05) is 24.0 Å². The zero-order chi connectivity index (χ0) is 22.5. The standard InChI is InChI=1S/C26H30N2O3S/c1-27(13-9-20-18-32-25-8-5-4-7-22(20)25)11-6-12-28-14-10-19-15-23(30-2)24(31-3)16-21(19)17-26(28)29/h4-5,7-8,10,14-16,18H,6,9,11-13,17H2,1-3H3. The van der Waals surface area contributed by atoms with Crippen LogP contribution in [0.4, 0.5) is 0 Å². The summed E-state index contributed by atoms with van der Waals surface area (Å²) in [6.07, 6.45) is 6.23. The Morgan fingerprint density at radius 1 is 1.09 bits per heavy atom. The molecule has 4 rings (SSSR count). The molecule has 0 atom stereocenters. The SMILES string of the molecule is COc1cc2c(cc1OC)CC(=O)N(CCCN(C)CCc1csc3ccccc13)C=C2. The number of likely N-dealkylation sites (N-methyl/N-ethyl adjacent to an activating group) is 1. The van der Waals surface area contributed by atoms with Gasteiger partial charge in [-0.1, -0.05) is 18.2 Å². The average molecular weight is 451 g/mol. The summed E-state index contributed by atoms with van der Waals surface area (Å²) in [4.78, 5) is 17.0. The molecule has 3 aromatic rings. The van der Waals surface area contributed by atoms with Gasteiger partial charge in [0.2, 0.25) is 5.91 Å². The minimum atomic E-state index is 0.111. The molecule has 0 unspecified atom stereocenters. The molecule has 2 heterocycles. The normalized spacial score (nSPS) is 13.5. The maximum atomic E-state index is 12.8. The molecule has 168 valence electrons. The van der Waals surface area contributed by atoms with Crippen molar-refractivity contribution in [2.45, 2.75) is 19.3 Å². The van der Waals surface area contributed by atoms with Crippen LogP contribution < -0.4 is 9.47 Å². The summed E-state index contributed by atoms with van der Waals surface area (Å²) < 4.78 is 12.1. The topological polar surface area (TPSA) is 42.0 Å². The number of carbonyl (C=O) groups is 1. The lowest BCUT2D eigenvalue weighted by atomic mass is 10.0. The van der Waals surface area contributed by atoms with Crippen molar-refractivity contribution in [2.24, 2.45) is 0 Å². The van der Waals surface area contributed by atoms with Gasteiger partial charge in [0.1, 0.15) is 0 Å². The molecule has 0 bridgehead atoms. The van der Waals surface area contributed by atoms with Crippen LogP contribution in [0.2, 0.25) is 0 Å². The second-order valence-electron chi connectivity index (χ2n) is 8.15. The van der Waals surface area contributed by atoms with Crippen LogP contribution in [0, 0.1) is 0 Å². The van der Waals surface area contributed by atoms with Crippen molar-refractivity contribution < 1.29 is 14.3 Å². The number of thiophene rings is 1. The van der Waals surface area contributed by atoms with Crippen LogP contribution in [-0.2, 0) is 17.6 Å². The van der Waals surface area contributed by atoms with E-state index in [1.165, 1.54) is 15.6 Å². The molecular weight excluding hydrogens is 420 g/mol. The Balaban J connectivity index is 1.29. The van der Waals surface area contributed by atoms with E-state index in [-0.39, 0.29) is 5.91 Å². The molecule has 1 aliphatic heterocycles. The van der Waals surface area contributed by atoms with Gasteiger partial charge in [0.05, 0.1) is 20.6 Å². The van der Waals surface area contributed by atoms with Crippen molar-refractivity contribution >= 4 is 33.4 Å². The Bertz CT molecular complexity index is 1120. The summed E-state index contributed by atoms with van der Waals surface area (Å²) >= 11 is 1.82. The number of benzene rings is 2. The first-order valence-electron chi connectivity index (χ1n) is 10.9. The number of fused-ring (bicyclic) bond motifs is 2. The highest BCUT2D eigenvalue weighted by Gasteiger charge is 2.19. The van der Waals surface area contributed by atoms with E-state index in [1.807, 2.05) is 40.6 Å². The number of carbonyl (C=O) groups excluding carboxylic acids is 1. The fraction of sp³-hybridized carbons (Fsp3) is 0.346. The van der Waals surface area contributed by atoms with Gasteiger partial charge in [-0.2, -0.15) is 0 Å². The molecule has 1 aliphatic rings. The molecule has 0 fully saturated rings. The maximum absolute atomic E-state index is 12.8. The van der Waals surface area contributed by atoms with E-state index < -0.39 is 0 Å². The summed E-state index contributed by atoms with van der Waals surface area (Å²) in [5, 5.41) is 3.65. The van der Waals surface area contributed by atoms with Crippen molar-refractivity contribution in [1.82, 2.24) is 9.80 Å². The molecule has 0 radical (unpaired) electrons. The minimum absolute atomic E-state index is 0.111. The Morgan fingerprint density at radius 3 is 2.69 bits per heavy atom. The van der Waals surface area contributed by atoms with Gasteiger partial charge < -0.3 is 19.3 Å². The van der Waals surface area contributed by atoms with Crippen molar-refractivity contribution in [1.29, 1.82) is 0 Å². The Hall–Kier alpha value is -2.83. The monoisotopic (exact) mass is 450 g/mol. The van der Waals surface area contributed by atoms with Crippen molar-refractivity contribution in [3.63, 3.8) is 0 Å². The second-order valence-corrected chi connectivity index (χ2v) is 9.06. The van der Waals surface area contributed by atoms with Crippen molar-refractivity contribution in [2.75, 3.05) is 40.9 Å². The maximum Gasteiger partial charge on any atom is 0.230 e. The Kier molecular flexibility index (Phi) is 7.12. The summed E-state index contributed by atoms with van der Waals surface area (Å²) in [6.45, 7) is 2.67. The summed E-state index contributed by atoms with van der Waals surface area (Å²) in [5.41, 5.74) is 3.39. The zero-order valence-electron chi connectivity index (χ0n) is 19.0. The number of hydrogen-bond acceptors (Lipinski definition) is 5. The third-order valence-corrected chi connectivity index (χ3v) is 7.02. The first kappa shape index (κ1) is 22.4. The van der Waals surface area contributed by atoms with Gasteiger partial charge in [0.25, 0.3) is 0 Å². The molecule has 0 saturated heterocycles. The number of methoxy groups -OCH3 is 2. The first-order valence-corrected chi connectivity index (χ1v) is 11.8. The number of nitrogens with zero attached hydrogens (tertiary/aromatic N) is 2. The largest absolute Gasteiger partial charge is 0.493 e. The van der Waals surface area contributed by atoms with Crippen molar-refractivity contribution in [3.8, 4) is 11.5 Å². The van der Waals surface area contributed by atoms with E-state index in [9.17, 15) is 4.79 Å². The zero-order valence-corrected chi connectivity index (χ0v) is 19.8. The van der Waals surface area contributed by atoms with Crippen LogP contribution in [0.5, 0.6) is 11.5 Å². The smallest absolute Gasteiger partial charge is 0.230 e. The summed E-state index contributed by atoms with van der Waals surface area (Å²) in [7, 11) is 5.39. The van der Waals surface area contributed by atoms with E-state index >= 15 is 0 Å². The Labute approximate surface area is 193 Å². The second kappa shape index (κ2) is 10.2. The predicted molar refractivity (Wildman–Crippen MR) is 132 cm³/mol. The van der Waals surface area contributed by atoms with E-state index in [2.05, 4.69) is 41.6 Å². The highest BCUT2D eigenvalue weighted by molar-refractivity contribution is 7.17. The molecule has 1 aromatic heterocycles. The molecule has 0 N–H and O–H groups in total. The van der Waals surface area contributed by atoms with E-state index in [0.717, 1.165) is 37.1 Å². The Morgan fingerprint density at radius 2 is 1.88 bits per heavy atom. The molecule has 6 heteroatoms. The fourth-order valence-corrected chi connectivity index (χ4v) is 5.12. The third kappa shape index (κ3) is 4.97. The van der Waals surface area contributed by atoms with Gasteiger partial charge in [-0.15, -0.1) is 11.3 Å². The quantitative estimate of drug-likeness (QED) is 0.468. The van der Waals surface area contributed by atoms with Crippen LogP contribution in [0.25, 0.3) is 16.2 Å². The van der Waals surface area contributed by atoms with Crippen LogP contribution in [-0.4, -0.2) is 56.6 Å². The van der Waals surface area contributed by atoms with Gasteiger partial charge in [-0.3, -0.25) is 4.79 Å². The molecule has 1 amide bonds. The molecular formula is C26H30N2O3S. The van der Waals surface area contributed by atoms with Gasteiger partial charge in [-0.05, 0) is 78.2 Å². The van der Waals surface area contributed by atoms with Gasteiger partial charge in [-0.25, -0.2) is 0 Å². The minimum Gasteiger partial charge on any atom is -0.493 e. The molecule has 0 aliphatic carbocycles. The summed E-state index contributed by atoms with van der Waals surface area (Å²) in [5.74, 6) is 1.44. The molecule has 2 aromatic carbocycles. The van der Waals surface area contributed by atoms with Gasteiger partial charge in [0.15, 0.2) is 11.5 Å². The molecule has 5 nitrogen and oxygen atoms in total. The first-order chi connectivity index (χ1) is 15.6. The van der Waals surface area contributed by atoms with E-state index in [1.54, 1.807) is 14.2 Å². The van der Waals surface area contributed by atoms with Crippen LogP contribution >= 0.6 is 11.3 Å². The number of rotatable bonds is 9. The van der Waals surface area contributed by atoms with Crippen LogP contribution in [0.15, 0.2) is 48.0 Å².